The molecule has 2 rings (SSSR count). The van der Waals surface area contributed by atoms with E-state index in [-0.39, 0.29) is 18.4 Å². The Hall–Kier alpha value is -2.05. The minimum absolute atomic E-state index is 0.0401. The Kier molecular flexibility index (Phi) is 6.23. The number of hydrogen-bond acceptors (Lipinski definition) is 4. The summed E-state index contributed by atoms with van der Waals surface area (Å²) in [5.41, 5.74) is 1.81. The lowest BCUT2D eigenvalue weighted by atomic mass is 10.2. The molecule has 0 aromatic heterocycles. The molecule has 0 saturated heterocycles. The van der Waals surface area contributed by atoms with Gasteiger partial charge in [-0.1, -0.05) is 29.8 Å². The molecule has 0 fully saturated rings. The van der Waals surface area contributed by atoms with Crippen LogP contribution in [0.5, 0.6) is 11.5 Å². The van der Waals surface area contributed by atoms with Crippen LogP contribution < -0.4 is 14.2 Å². The van der Waals surface area contributed by atoms with Gasteiger partial charge in [0.25, 0.3) is 0 Å². The molecule has 0 aliphatic carbocycles. The van der Waals surface area contributed by atoms with Gasteiger partial charge >= 0.3 is 0 Å². The fourth-order valence-electron chi connectivity index (χ4n) is 2.30. The van der Waals surface area contributed by atoms with Crippen molar-refractivity contribution in [3.05, 3.63) is 59.7 Å². The fourth-order valence-corrected chi connectivity index (χ4v) is 3.68. The average molecular weight is 349 g/mol. The summed E-state index contributed by atoms with van der Waals surface area (Å²) in [6.45, 7) is 3.96. The van der Waals surface area contributed by atoms with Crippen LogP contribution in [0.1, 0.15) is 18.1 Å². The first-order chi connectivity index (χ1) is 11.4. The highest BCUT2D eigenvalue weighted by molar-refractivity contribution is 7.88. The van der Waals surface area contributed by atoms with E-state index in [0.29, 0.717) is 5.75 Å². The summed E-state index contributed by atoms with van der Waals surface area (Å²) in [5, 5.41) is 0. The quantitative estimate of drug-likeness (QED) is 0.796. The Morgan fingerprint density at radius 1 is 1.08 bits per heavy atom. The molecule has 2 aromatic rings. The zero-order valence-electron chi connectivity index (χ0n) is 14.2. The zero-order chi connectivity index (χ0) is 17.6. The molecule has 0 aliphatic rings. The van der Waals surface area contributed by atoms with Crippen LogP contribution in [0.15, 0.2) is 48.5 Å². The van der Waals surface area contributed by atoms with Crippen LogP contribution in [0, 0.1) is 6.92 Å². The van der Waals surface area contributed by atoms with Crippen molar-refractivity contribution in [2.24, 2.45) is 0 Å². The molecule has 24 heavy (non-hydrogen) atoms. The van der Waals surface area contributed by atoms with E-state index in [0.717, 1.165) is 16.9 Å². The first-order valence-corrected chi connectivity index (χ1v) is 9.35. The second-order valence-corrected chi connectivity index (χ2v) is 7.51. The minimum atomic E-state index is -3.42. The number of sulfonamides is 1. The molecule has 1 atom stereocenters. The largest absolute Gasteiger partial charge is 0.497 e. The van der Waals surface area contributed by atoms with E-state index in [1.165, 1.54) is 0 Å². The number of methoxy groups -OCH3 is 1. The maximum atomic E-state index is 12.2. The van der Waals surface area contributed by atoms with Gasteiger partial charge < -0.3 is 9.47 Å². The van der Waals surface area contributed by atoms with Gasteiger partial charge in [0.05, 0.1) is 18.9 Å². The lowest BCUT2D eigenvalue weighted by molar-refractivity contribution is 0.287. The standard InChI is InChI=1S/C18H23NO4S/c1-14-5-4-6-16(11-14)13-24(20,21)19-15(2)12-23-18-9-7-17(22-3)8-10-18/h4-11,15,19H,12-13H2,1-3H3/t15-/m1/s1. The van der Waals surface area contributed by atoms with Crippen molar-refractivity contribution >= 4 is 10.0 Å². The highest BCUT2D eigenvalue weighted by Crippen LogP contribution is 2.17. The third kappa shape index (κ3) is 5.86. The first-order valence-electron chi connectivity index (χ1n) is 7.70. The van der Waals surface area contributed by atoms with Gasteiger partial charge in [0, 0.05) is 0 Å². The van der Waals surface area contributed by atoms with Crippen LogP contribution in [0.4, 0.5) is 0 Å². The number of aryl methyl sites for hydroxylation is 1. The molecule has 130 valence electrons. The van der Waals surface area contributed by atoms with Gasteiger partial charge in [0.1, 0.15) is 18.1 Å². The van der Waals surface area contributed by atoms with Crippen molar-refractivity contribution in [1.82, 2.24) is 4.72 Å². The third-order valence-corrected chi connectivity index (χ3v) is 4.85. The van der Waals surface area contributed by atoms with Crippen molar-refractivity contribution in [3.8, 4) is 11.5 Å². The van der Waals surface area contributed by atoms with Crippen molar-refractivity contribution in [2.75, 3.05) is 13.7 Å². The van der Waals surface area contributed by atoms with Gasteiger partial charge in [0.15, 0.2) is 0 Å². The number of benzene rings is 2. The van der Waals surface area contributed by atoms with E-state index in [1.807, 2.05) is 31.2 Å². The van der Waals surface area contributed by atoms with E-state index < -0.39 is 10.0 Å². The molecule has 0 saturated carbocycles. The molecule has 0 spiro atoms. The van der Waals surface area contributed by atoms with Gasteiger partial charge in [0.2, 0.25) is 10.0 Å². The summed E-state index contributed by atoms with van der Waals surface area (Å²) in [5.74, 6) is 1.37. The molecule has 6 heteroatoms. The summed E-state index contributed by atoms with van der Waals surface area (Å²) in [6, 6.07) is 14.3. The lowest BCUT2D eigenvalue weighted by Gasteiger charge is -2.15. The van der Waals surface area contributed by atoms with Crippen LogP contribution >= 0.6 is 0 Å². The molecule has 0 amide bonds. The van der Waals surface area contributed by atoms with Crippen LogP contribution in [-0.4, -0.2) is 28.2 Å². The predicted octanol–water partition coefficient (Wildman–Crippen LogP) is 2.89. The smallest absolute Gasteiger partial charge is 0.216 e. The molecular formula is C18H23NO4S. The molecular weight excluding hydrogens is 326 g/mol. The SMILES string of the molecule is COc1ccc(OC[C@@H](C)NS(=O)(=O)Cc2cccc(C)c2)cc1. The van der Waals surface area contributed by atoms with E-state index in [9.17, 15) is 8.42 Å². The summed E-state index contributed by atoms with van der Waals surface area (Å²) in [7, 11) is -1.82. The van der Waals surface area contributed by atoms with Crippen molar-refractivity contribution in [3.63, 3.8) is 0 Å². The van der Waals surface area contributed by atoms with Gasteiger partial charge in [-0.25, -0.2) is 13.1 Å². The maximum Gasteiger partial charge on any atom is 0.216 e. The summed E-state index contributed by atoms with van der Waals surface area (Å²) < 4.78 is 37.8. The first kappa shape index (κ1) is 18.3. The Morgan fingerprint density at radius 3 is 2.38 bits per heavy atom. The summed E-state index contributed by atoms with van der Waals surface area (Å²) in [6.07, 6.45) is 0. The molecule has 0 aliphatic heterocycles. The normalized spacial score (nSPS) is 12.6. The topological polar surface area (TPSA) is 64.6 Å². The Morgan fingerprint density at radius 2 is 1.75 bits per heavy atom. The molecule has 0 bridgehead atoms. The Balaban J connectivity index is 1.86. The Bertz CT molecular complexity index is 757. The highest BCUT2D eigenvalue weighted by atomic mass is 32.2. The molecule has 1 N–H and O–H groups in total. The van der Waals surface area contributed by atoms with E-state index in [2.05, 4.69) is 4.72 Å². The lowest BCUT2D eigenvalue weighted by Crippen LogP contribution is -2.37. The van der Waals surface area contributed by atoms with Crippen LogP contribution in [0.2, 0.25) is 0 Å². The molecule has 0 heterocycles. The number of nitrogens with one attached hydrogen (secondary N) is 1. The number of ether oxygens (including phenoxy) is 2. The molecule has 0 radical (unpaired) electrons. The summed E-state index contributed by atoms with van der Waals surface area (Å²) in [4.78, 5) is 0. The van der Waals surface area contributed by atoms with Gasteiger partial charge in [-0.2, -0.15) is 0 Å². The van der Waals surface area contributed by atoms with Gasteiger partial charge in [-0.3, -0.25) is 0 Å². The van der Waals surface area contributed by atoms with Crippen molar-refractivity contribution < 1.29 is 17.9 Å². The fraction of sp³-hybridized carbons (Fsp3) is 0.333. The second-order valence-electron chi connectivity index (χ2n) is 5.75. The predicted molar refractivity (Wildman–Crippen MR) is 94.9 cm³/mol. The number of rotatable bonds is 8. The molecule has 5 nitrogen and oxygen atoms in total. The van der Waals surface area contributed by atoms with Gasteiger partial charge in [-0.05, 0) is 43.7 Å². The Labute approximate surface area is 143 Å². The van der Waals surface area contributed by atoms with Gasteiger partial charge in [-0.15, -0.1) is 0 Å². The van der Waals surface area contributed by atoms with Crippen molar-refractivity contribution in [1.29, 1.82) is 0 Å². The number of hydrogen-bond donors (Lipinski definition) is 1. The third-order valence-electron chi connectivity index (χ3n) is 3.38. The maximum absolute atomic E-state index is 12.2. The van der Waals surface area contributed by atoms with Crippen molar-refractivity contribution in [2.45, 2.75) is 25.6 Å². The van der Waals surface area contributed by atoms with E-state index in [4.69, 9.17) is 9.47 Å². The average Bonchev–Trinajstić information content (AvgIpc) is 2.52. The zero-order valence-corrected chi connectivity index (χ0v) is 15.0. The minimum Gasteiger partial charge on any atom is -0.497 e. The molecule has 2 aromatic carbocycles. The van der Waals surface area contributed by atoms with E-state index >= 15 is 0 Å². The van der Waals surface area contributed by atoms with Crippen LogP contribution in [0.3, 0.4) is 0 Å². The highest BCUT2D eigenvalue weighted by Gasteiger charge is 2.16. The van der Waals surface area contributed by atoms with Crippen LogP contribution in [0.25, 0.3) is 0 Å². The van der Waals surface area contributed by atoms with Crippen LogP contribution in [-0.2, 0) is 15.8 Å². The molecule has 0 unspecified atom stereocenters. The summed E-state index contributed by atoms with van der Waals surface area (Å²) >= 11 is 0. The monoisotopic (exact) mass is 349 g/mol. The van der Waals surface area contributed by atoms with E-state index in [1.54, 1.807) is 38.3 Å². The second kappa shape index (κ2) is 8.17.